The maximum absolute atomic E-state index is 13.4. The molecule has 0 heterocycles. The van der Waals surface area contributed by atoms with E-state index in [9.17, 15) is 31.1 Å². The Morgan fingerprint density at radius 3 is 1.47 bits per heavy atom. The summed E-state index contributed by atoms with van der Waals surface area (Å²) in [4.78, 5) is 11.2. The van der Waals surface area contributed by atoms with E-state index in [0.29, 0.717) is 0 Å². The topological polar surface area (TPSA) is 37.3 Å². The quantitative estimate of drug-likeness (QED) is 0.474. The second kappa shape index (κ2) is 7.85. The van der Waals surface area contributed by atoms with Gasteiger partial charge in [0.1, 0.15) is 0 Å². The van der Waals surface area contributed by atoms with Crippen molar-refractivity contribution in [3.05, 3.63) is 83.4 Å². The molecule has 2 nitrogen and oxygen atoms in total. The van der Waals surface area contributed by atoms with E-state index in [0.717, 1.165) is 12.1 Å². The van der Waals surface area contributed by atoms with Gasteiger partial charge in [0.2, 0.25) is 0 Å². The van der Waals surface area contributed by atoms with Crippen molar-refractivity contribution >= 4 is 5.97 Å². The van der Waals surface area contributed by atoms with Crippen molar-refractivity contribution in [2.45, 2.75) is 18.8 Å². The van der Waals surface area contributed by atoms with Crippen LogP contribution >= 0.6 is 0 Å². The summed E-state index contributed by atoms with van der Waals surface area (Å²) < 4.78 is 80.7. The molecule has 0 unspecified atom stereocenters. The highest BCUT2D eigenvalue weighted by Crippen LogP contribution is 2.41. The molecule has 0 aliphatic rings. The Bertz CT molecular complexity index is 1010. The molecule has 0 amide bonds. The molecule has 0 spiro atoms. The highest BCUT2D eigenvalue weighted by atomic mass is 19.4. The maximum Gasteiger partial charge on any atom is 0.417 e. The molecule has 8 heteroatoms. The zero-order chi connectivity index (χ0) is 22.1. The Hall–Kier alpha value is -3.29. The van der Waals surface area contributed by atoms with Crippen molar-refractivity contribution in [3.63, 3.8) is 0 Å². The second-order valence-corrected chi connectivity index (χ2v) is 6.58. The summed E-state index contributed by atoms with van der Waals surface area (Å²) in [6.07, 6.45) is -9.93. The van der Waals surface area contributed by atoms with E-state index in [-0.39, 0.29) is 27.8 Å². The lowest BCUT2D eigenvalue weighted by Gasteiger charge is -2.17. The summed E-state index contributed by atoms with van der Waals surface area (Å²) in [5.74, 6) is -1.26. The Labute approximate surface area is 167 Å². The zero-order valence-electron chi connectivity index (χ0n) is 15.2. The van der Waals surface area contributed by atoms with Crippen LogP contribution in [0.4, 0.5) is 26.3 Å². The Balaban J connectivity index is 2.28. The van der Waals surface area contributed by atoms with Crippen LogP contribution in [0.3, 0.4) is 0 Å². The minimum atomic E-state index is -4.69. The smallest absolute Gasteiger partial charge is 0.417 e. The van der Waals surface area contributed by atoms with Crippen LogP contribution in [0.2, 0.25) is 0 Å². The Kier molecular flexibility index (Phi) is 5.61. The molecular weight excluding hydrogens is 410 g/mol. The highest BCUT2D eigenvalue weighted by molar-refractivity contribution is 5.80. The number of benzene rings is 3. The summed E-state index contributed by atoms with van der Waals surface area (Å²) >= 11 is 0. The lowest BCUT2D eigenvalue weighted by molar-refractivity contribution is -0.137. The number of carboxylic acid groups (broad SMARTS) is 1. The number of carboxylic acids is 1. The molecule has 0 aromatic heterocycles. The summed E-state index contributed by atoms with van der Waals surface area (Å²) in [5.41, 5.74) is -2.38. The molecule has 0 atom stereocenters. The van der Waals surface area contributed by atoms with Gasteiger partial charge in [0.25, 0.3) is 0 Å². The number of hydrogen-bond acceptors (Lipinski definition) is 1. The van der Waals surface area contributed by atoms with Crippen LogP contribution in [-0.2, 0) is 23.6 Å². The fraction of sp³-hybridized carbons (Fsp3) is 0.136. The molecule has 30 heavy (non-hydrogen) atoms. The van der Waals surface area contributed by atoms with E-state index in [4.69, 9.17) is 5.11 Å². The van der Waals surface area contributed by atoms with E-state index in [1.165, 1.54) is 54.6 Å². The number of alkyl halides is 6. The van der Waals surface area contributed by atoms with Crippen molar-refractivity contribution in [3.8, 4) is 22.3 Å². The SMILES string of the molecule is O=C(O)Cc1cc(-c2ccccc2C(F)(F)F)cc(-c2ccccc2C(F)(F)F)c1. The Morgan fingerprint density at radius 2 is 1.10 bits per heavy atom. The number of aliphatic carboxylic acids is 1. The van der Waals surface area contributed by atoms with Crippen molar-refractivity contribution in [1.82, 2.24) is 0 Å². The van der Waals surface area contributed by atoms with Crippen molar-refractivity contribution in [2.24, 2.45) is 0 Å². The molecule has 156 valence electrons. The third kappa shape index (κ3) is 4.64. The number of hydrogen-bond donors (Lipinski definition) is 1. The third-order valence-corrected chi connectivity index (χ3v) is 4.44. The van der Waals surface area contributed by atoms with Crippen molar-refractivity contribution < 1.29 is 36.2 Å². The van der Waals surface area contributed by atoms with E-state index < -0.39 is 35.9 Å². The van der Waals surface area contributed by atoms with Crippen LogP contribution in [0.5, 0.6) is 0 Å². The molecule has 0 radical (unpaired) electrons. The first-order valence-corrected chi connectivity index (χ1v) is 8.66. The predicted octanol–water partition coefficient (Wildman–Crippen LogP) is 6.69. The molecule has 3 rings (SSSR count). The summed E-state index contributed by atoms with van der Waals surface area (Å²) in [6, 6.07) is 13.0. The summed E-state index contributed by atoms with van der Waals surface area (Å²) in [7, 11) is 0. The van der Waals surface area contributed by atoms with E-state index >= 15 is 0 Å². The van der Waals surface area contributed by atoms with Gasteiger partial charge in [-0.2, -0.15) is 26.3 Å². The zero-order valence-corrected chi connectivity index (χ0v) is 15.2. The molecule has 3 aromatic carbocycles. The van der Waals surface area contributed by atoms with Gasteiger partial charge in [-0.1, -0.05) is 48.5 Å². The molecule has 0 aliphatic heterocycles. The minimum absolute atomic E-state index is 0.0198. The van der Waals surface area contributed by atoms with Crippen LogP contribution in [0.25, 0.3) is 22.3 Å². The van der Waals surface area contributed by atoms with Crippen LogP contribution < -0.4 is 0 Å². The first-order valence-electron chi connectivity index (χ1n) is 8.66. The average Bonchev–Trinajstić information content (AvgIpc) is 2.66. The molecule has 1 N–H and O–H groups in total. The van der Waals surface area contributed by atoms with Gasteiger partial charge in [0.05, 0.1) is 17.5 Å². The van der Waals surface area contributed by atoms with Crippen molar-refractivity contribution in [1.29, 1.82) is 0 Å². The molecule has 0 aliphatic carbocycles. The van der Waals surface area contributed by atoms with Crippen LogP contribution in [0.1, 0.15) is 16.7 Å². The fourth-order valence-corrected chi connectivity index (χ4v) is 3.24. The molecule has 0 saturated carbocycles. The molecule has 0 fully saturated rings. The van der Waals surface area contributed by atoms with Gasteiger partial charge in [-0.25, -0.2) is 0 Å². The minimum Gasteiger partial charge on any atom is -0.481 e. The van der Waals surface area contributed by atoms with Crippen LogP contribution in [-0.4, -0.2) is 11.1 Å². The van der Waals surface area contributed by atoms with Crippen molar-refractivity contribution in [2.75, 3.05) is 0 Å². The van der Waals surface area contributed by atoms with E-state index in [1.807, 2.05) is 0 Å². The number of rotatable bonds is 4. The lowest BCUT2D eigenvalue weighted by atomic mass is 9.91. The third-order valence-electron chi connectivity index (χ3n) is 4.44. The summed E-state index contributed by atoms with van der Waals surface area (Å²) in [6.45, 7) is 0. The second-order valence-electron chi connectivity index (χ2n) is 6.58. The van der Waals surface area contributed by atoms with Gasteiger partial charge in [-0.15, -0.1) is 0 Å². The normalized spacial score (nSPS) is 12.1. The van der Waals surface area contributed by atoms with Gasteiger partial charge >= 0.3 is 18.3 Å². The van der Waals surface area contributed by atoms with Gasteiger partial charge in [-0.3, -0.25) is 4.79 Å². The molecule has 0 saturated heterocycles. The first-order chi connectivity index (χ1) is 14.0. The van der Waals surface area contributed by atoms with Crippen LogP contribution in [0, 0.1) is 0 Å². The average molecular weight is 424 g/mol. The molecule has 3 aromatic rings. The van der Waals surface area contributed by atoms with Crippen LogP contribution in [0.15, 0.2) is 66.7 Å². The van der Waals surface area contributed by atoms with Gasteiger partial charge < -0.3 is 5.11 Å². The first kappa shape index (κ1) is 21.4. The monoisotopic (exact) mass is 424 g/mol. The largest absolute Gasteiger partial charge is 0.481 e. The van der Waals surface area contributed by atoms with Gasteiger partial charge in [0, 0.05) is 0 Å². The molecular formula is C22H14F6O2. The highest BCUT2D eigenvalue weighted by Gasteiger charge is 2.35. The fourth-order valence-electron chi connectivity index (χ4n) is 3.24. The van der Waals surface area contributed by atoms with Gasteiger partial charge in [-0.05, 0) is 46.0 Å². The Morgan fingerprint density at radius 1 is 0.700 bits per heavy atom. The number of halogens is 6. The lowest BCUT2D eigenvalue weighted by Crippen LogP contribution is -2.08. The number of carbonyl (C=O) groups is 1. The van der Waals surface area contributed by atoms with Gasteiger partial charge in [0.15, 0.2) is 0 Å². The van der Waals surface area contributed by atoms with E-state index in [2.05, 4.69) is 0 Å². The van der Waals surface area contributed by atoms with E-state index in [1.54, 1.807) is 0 Å². The summed E-state index contributed by atoms with van der Waals surface area (Å²) in [5, 5.41) is 9.10. The maximum atomic E-state index is 13.4. The predicted molar refractivity (Wildman–Crippen MR) is 98.7 cm³/mol. The molecule has 0 bridgehead atoms. The standard InChI is InChI=1S/C22H14F6O2/c23-21(24,25)18-7-3-1-5-16(18)14-9-13(11-20(29)30)10-15(12-14)17-6-2-4-8-19(17)22(26,27)28/h1-10,12H,11H2,(H,29,30).